The van der Waals surface area contributed by atoms with Gasteiger partial charge in [0.1, 0.15) is 0 Å². The molecule has 0 aliphatic rings. The topological polar surface area (TPSA) is 0 Å². The number of rotatable bonds is 2. The fraction of sp³-hybridized carbons (Fsp3) is 0. The summed E-state index contributed by atoms with van der Waals surface area (Å²) in [5.41, 5.74) is 4.87. The molecule has 1 heteroatoms. The second-order valence-electron chi connectivity index (χ2n) is 4.24. The average molecular weight is 481 g/mol. The first kappa shape index (κ1) is 12.1. The molecule has 0 aliphatic carbocycles. The van der Waals surface area contributed by atoms with E-state index in [0.29, 0.717) is 0 Å². The normalized spacial score (nSPS) is 9.68. The molecule has 19 heavy (non-hydrogen) atoms. The quantitative estimate of drug-likeness (QED) is 0.461. The van der Waals surface area contributed by atoms with E-state index in [1.165, 1.54) is 22.3 Å². The summed E-state index contributed by atoms with van der Waals surface area (Å²) in [6.45, 7) is 0. The molecule has 97 valence electrons. The van der Waals surface area contributed by atoms with E-state index in [0.717, 1.165) is 0 Å². The van der Waals surface area contributed by atoms with Crippen LogP contribution in [0.15, 0.2) is 78.9 Å². The van der Waals surface area contributed by atoms with E-state index < -0.39 is 0 Å². The van der Waals surface area contributed by atoms with E-state index in [1.54, 1.807) is 0 Å². The van der Waals surface area contributed by atoms with E-state index >= 15 is 0 Å². The van der Waals surface area contributed by atoms with Gasteiger partial charge in [0.05, 0.1) is 0 Å². The maximum absolute atomic E-state index is 3.23. The Kier molecular flexibility index (Phi) is 3.40. The van der Waals surface area contributed by atoms with Gasteiger partial charge in [-0.1, -0.05) is 71.8 Å². The molecule has 0 aliphatic heterocycles. The van der Waals surface area contributed by atoms with E-state index in [1.807, 2.05) is 24.3 Å². The third kappa shape index (κ3) is 2.50. The Labute approximate surface area is 108 Å². The third-order valence-electron chi connectivity index (χ3n) is 3.00. The summed E-state index contributed by atoms with van der Waals surface area (Å²) in [7, 11) is 0. The molecule has 3 aromatic rings. The van der Waals surface area contributed by atoms with E-state index in [9.17, 15) is 0 Å². The van der Waals surface area contributed by atoms with Gasteiger partial charge in [0, 0.05) is 0 Å². The predicted octanol–water partition coefficient (Wildman–Crippen LogP) is 4.82. The largest absolute Gasteiger partial charge is 0.183 e. The molecule has 3 aromatic carbocycles. The minimum absolute atomic E-state index is 0. The minimum Gasteiger partial charge on any atom is -0.183 e. The zero-order chi connectivity index (χ0) is 12.2. The maximum Gasteiger partial charge on any atom is 0 e. The van der Waals surface area contributed by atoms with Crippen molar-refractivity contribution in [3.05, 3.63) is 84.9 Å². The first-order valence-corrected chi connectivity index (χ1v) is 6.05. The Morgan fingerprint density at radius 3 is 1.37 bits per heavy atom. The van der Waals surface area contributed by atoms with Crippen LogP contribution in [0.2, 0.25) is 0 Å². The fourth-order valence-corrected chi connectivity index (χ4v) is 2.07. The second-order valence-corrected chi connectivity index (χ2v) is 4.24. The summed E-state index contributed by atoms with van der Waals surface area (Å²) in [5, 5.41) is 0. The Morgan fingerprint density at radius 1 is 0.526 bits per heavy atom. The number of hydrogen-bond acceptors (Lipinski definition) is 0. The molecular formula is C18H13Es-. The van der Waals surface area contributed by atoms with Gasteiger partial charge in [-0.3, -0.25) is 0 Å². The van der Waals surface area contributed by atoms with Crippen LogP contribution in [-0.4, -0.2) is 0 Å². The monoisotopic (exact) mass is 481 g/mol. The first-order valence-electron chi connectivity index (χ1n) is 6.05. The molecule has 0 saturated carbocycles. The van der Waals surface area contributed by atoms with Crippen LogP contribution >= 0.6 is 0 Å². The standard InChI is InChI=1S/C18H13.Es/c1-3-8-15(9-4-1)17-12-7-13-18(14-17)16-10-5-2-6-11-16;/h1-6,8-14H;/q-1;. The van der Waals surface area contributed by atoms with Gasteiger partial charge < -0.3 is 0 Å². The molecule has 0 unspecified atom stereocenters. The van der Waals surface area contributed by atoms with Crippen molar-refractivity contribution in [3.8, 4) is 22.3 Å². The van der Waals surface area contributed by atoms with Crippen LogP contribution in [0.5, 0.6) is 0 Å². The SMILES string of the molecule is [Es].[c-]1cc(-c2ccccc2)cc(-c2ccccc2)c1. The van der Waals surface area contributed by atoms with Crippen molar-refractivity contribution in [3.63, 3.8) is 0 Å². The van der Waals surface area contributed by atoms with Gasteiger partial charge in [-0.25, -0.2) is 0 Å². The Hall–Kier alpha value is -3.34. The smallest absolute Gasteiger partial charge is 0 e. The van der Waals surface area contributed by atoms with Gasteiger partial charge in [0.25, 0.3) is 0 Å². The minimum atomic E-state index is 0. The Balaban J connectivity index is 0.00000133. The molecule has 0 aromatic heterocycles. The van der Waals surface area contributed by atoms with Crippen LogP contribution in [0.3, 0.4) is 0 Å². The van der Waals surface area contributed by atoms with Gasteiger partial charge in [-0.05, 0) is 0 Å². The Bertz CT molecular complexity index is 575. The molecular weight excluding hydrogens is 468 g/mol. The molecule has 0 saturated heterocycles. The van der Waals surface area contributed by atoms with Gasteiger partial charge in [-0.2, -0.15) is 24.3 Å². The third-order valence-corrected chi connectivity index (χ3v) is 3.00. The summed E-state index contributed by atoms with van der Waals surface area (Å²) in [4.78, 5) is 0. The van der Waals surface area contributed by atoms with Gasteiger partial charge in [0.2, 0.25) is 0 Å². The molecule has 0 amide bonds. The van der Waals surface area contributed by atoms with Gasteiger partial charge in [0.15, 0.2) is 0 Å². The van der Waals surface area contributed by atoms with Crippen molar-refractivity contribution in [1.82, 2.24) is 0 Å². The summed E-state index contributed by atoms with van der Waals surface area (Å²) in [5.74, 6) is 0. The van der Waals surface area contributed by atoms with Crippen LogP contribution in [0.1, 0.15) is 0 Å². The summed E-state index contributed by atoms with van der Waals surface area (Å²) < 4.78 is 0. The van der Waals surface area contributed by atoms with E-state index in [4.69, 9.17) is 0 Å². The molecule has 0 N–H and O–H groups in total. The number of benzene rings is 3. The van der Waals surface area contributed by atoms with Crippen molar-refractivity contribution >= 4 is 0 Å². The molecule has 3 rings (SSSR count). The summed E-state index contributed by atoms with van der Waals surface area (Å²) >= 11 is 0. The fourth-order valence-electron chi connectivity index (χ4n) is 2.07. The van der Waals surface area contributed by atoms with E-state index in [-0.39, 0.29) is 0 Å². The molecule has 0 heterocycles. The van der Waals surface area contributed by atoms with Crippen molar-refractivity contribution in [2.45, 2.75) is 0 Å². The summed E-state index contributed by atoms with van der Waals surface area (Å²) in [6.07, 6.45) is 0. The Morgan fingerprint density at radius 2 is 0.947 bits per heavy atom. The van der Waals surface area contributed by atoms with E-state index in [2.05, 4.69) is 60.7 Å². The second kappa shape index (κ2) is 5.33. The zero-order valence-electron chi connectivity index (χ0n) is 10.3. The zero-order valence-corrected chi connectivity index (χ0v) is 12.8. The first-order chi connectivity index (χ1) is 8.93. The van der Waals surface area contributed by atoms with Crippen molar-refractivity contribution in [2.75, 3.05) is 0 Å². The molecule has 0 nitrogen and oxygen atoms in total. The average Bonchev–Trinajstić information content (AvgIpc) is 2.49. The molecule has 0 bridgehead atoms. The van der Waals surface area contributed by atoms with Crippen LogP contribution in [0.4, 0.5) is 0 Å². The molecule has 0 fully saturated rings. The van der Waals surface area contributed by atoms with Crippen molar-refractivity contribution < 1.29 is 0 Å². The van der Waals surface area contributed by atoms with Crippen LogP contribution in [0, 0.1) is 6.07 Å². The molecule has 0 atom stereocenters. The number of hydrogen-bond donors (Lipinski definition) is 0. The summed E-state index contributed by atoms with van der Waals surface area (Å²) in [6, 6.07) is 30.3. The molecule has 0 spiro atoms. The van der Waals surface area contributed by atoms with Crippen LogP contribution < -0.4 is 0 Å². The molecule has 1 radical (unpaired) electrons. The van der Waals surface area contributed by atoms with Crippen LogP contribution in [0.25, 0.3) is 22.3 Å². The van der Waals surface area contributed by atoms with Gasteiger partial charge >= 0.3 is 0 Å². The van der Waals surface area contributed by atoms with Crippen molar-refractivity contribution in [1.29, 1.82) is 0 Å². The maximum atomic E-state index is 3.23. The van der Waals surface area contributed by atoms with Gasteiger partial charge in [-0.15, -0.1) is 11.1 Å². The van der Waals surface area contributed by atoms with Crippen molar-refractivity contribution in [2.24, 2.45) is 0 Å². The van der Waals surface area contributed by atoms with Crippen LogP contribution in [-0.2, 0) is 0 Å². The predicted molar refractivity (Wildman–Crippen MR) is 76.2 cm³/mol.